The van der Waals surface area contributed by atoms with Crippen molar-refractivity contribution in [3.63, 3.8) is 0 Å². The van der Waals surface area contributed by atoms with Gasteiger partial charge in [-0.15, -0.1) is 0 Å². The highest BCUT2D eigenvalue weighted by molar-refractivity contribution is 5.67. The van der Waals surface area contributed by atoms with Crippen molar-refractivity contribution < 1.29 is 31.8 Å². The van der Waals surface area contributed by atoms with Gasteiger partial charge in [0.2, 0.25) is 5.88 Å². The molecule has 0 saturated carbocycles. The Kier molecular flexibility index (Phi) is 7.00. The molecule has 10 heteroatoms. The Morgan fingerprint density at radius 1 is 1.37 bits per heavy atom. The van der Waals surface area contributed by atoms with Crippen LogP contribution in [0.1, 0.15) is 38.4 Å². The first-order chi connectivity index (χ1) is 12.2. The largest absolute Gasteiger partial charge is 0.464 e. The van der Waals surface area contributed by atoms with Gasteiger partial charge >= 0.3 is 12.3 Å². The van der Waals surface area contributed by atoms with E-state index in [0.717, 1.165) is 11.0 Å². The van der Waals surface area contributed by atoms with Crippen LogP contribution in [-0.4, -0.2) is 47.5 Å². The van der Waals surface area contributed by atoms with Crippen molar-refractivity contribution in [1.29, 1.82) is 5.26 Å². The van der Waals surface area contributed by atoms with Crippen LogP contribution < -0.4 is 4.74 Å². The van der Waals surface area contributed by atoms with Crippen molar-refractivity contribution in [2.24, 2.45) is 0 Å². The standard InChI is InChI=1S/C17H21F4N3O3/c1-10-12(18)8-11(9-22)14(23-10)26-13(17(19,20)21)6-7-24(5)15(25)27-16(2,3)4/h8,13H,6-7H2,1-5H3/t13-/m1/s1. The first-order valence-corrected chi connectivity index (χ1v) is 7.99. The van der Waals surface area contributed by atoms with Crippen molar-refractivity contribution >= 4 is 6.09 Å². The molecule has 0 unspecified atom stereocenters. The maximum absolute atomic E-state index is 13.4. The molecule has 1 rings (SSSR count). The lowest BCUT2D eigenvalue weighted by molar-refractivity contribution is -0.198. The number of aryl methyl sites for hydroxylation is 1. The summed E-state index contributed by atoms with van der Waals surface area (Å²) in [6.07, 6.45) is -8.53. The minimum atomic E-state index is -4.79. The molecule has 150 valence electrons. The molecule has 0 saturated heterocycles. The summed E-state index contributed by atoms with van der Waals surface area (Å²) in [6.45, 7) is 5.81. The average Bonchev–Trinajstić information content (AvgIpc) is 2.51. The van der Waals surface area contributed by atoms with E-state index < -0.39 is 47.7 Å². The molecule has 1 aromatic rings. The second-order valence-corrected chi connectivity index (χ2v) is 6.86. The Labute approximate surface area is 154 Å². The Morgan fingerprint density at radius 3 is 2.44 bits per heavy atom. The number of alkyl halides is 3. The molecular formula is C17H21F4N3O3. The Balaban J connectivity index is 2.92. The number of carbonyl (C=O) groups excluding carboxylic acids is 1. The van der Waals surface area contributed by atoms with Crippen LogP contribution in [0.3, 0.4) is 0 Å². The summed E-state index contributed by atoms with van der Waals surface area (Å²) in [5.74, 6) is -1.44. The second kappa shape index (κ2) is 8.41. The Hall–Kier alpha value is -2.57. The number of amides is 1. The normalized spacial score (nSPS) is 12.9. The molecular weight excluding hydrogens is 370 g/mol. The van der Waals surface area contributed by atoms with E-state index in [4.69, 9.17) is 14.7 Å². The predicted octanol–water partition coefficient (Wildman–Crippen LogP) is 3.97. The molecule has 0 aromatic carbocycles. The number of rotatable bonds is 5. The fraction of sp³-hybridized carbons (Fsp3) is 0.588. The number of carbonyl (C=O) groups is 1. The molecule has 27 heavy (non-hydrogen) atoms. The molecule has 1 aromatic heterocycles. The number of hydrogen-bond acceptors (Lipinski definition) is 5. The van der Waals surface area contributed by atoms with E-state index in [1.165, 1.54) is 14.0 Å². The topological polar surface area (TPSA) is 75.4 Å². The summed E-state index contributed by atoms with van der Waals surface area (Å²) in [5, 5.41) is 8.96. The first-order valence-electron chi connectivity index (χ1n) is 7.99. The third-order valence-electron chi connectivity index (χ3n) is 3.29. The SMILES string of the molecule is Cc1nc(O[C@H](CCN(C)C(=O)OC(C)(C)C)C(F)(F)F)c(C#N)cc1F. The van der Waals surface area contributed by atoms with Gasteiger partial charge in [-0.2, -0.15) is 18.4 Å². The molecule has 0 N–H and O–H groups in total. The maximum Gasteiger partial charge on any atom is 0.425 e. The van der Waals surface area contributed by atoms with Crippen LogP contribution in [0.15, 0.2) is 6.07 Å². The lowest BCUT2D eigenvalue weighted by Gasteiger charge is -2.27. The molecule has 0 aliphatic heterocycles. The van der Waals surface area contributed by atoms with Gasteiger partial charge in [0.25, 0.3) is 0 Å². The van der Waals surface area contributed by atoms with E-state index in [9.17, 15) is 22.4 Å². The number of pyridine rings is 1. The van der Waals surface area contributed by atoms with Gasteiger partial charge in [0.1, 0.15) is 23.1 Å². The van der Waals surface area contributed by atoms with Crippen molar-refractivity contribution in [1.82, 2.24) is 9.88 Å². The quantitative estimate of drug-likeness (QED) is 0.710. The van der Waals surface area contributed by atoms with E-state index in [1.54, 1.807) is 26.8 Å². The van der Waals surface area contributed by atoms with E-state index in [0.29, 0.717) is 0 Å². The van der Waals surface area contributed by atoms with Crippen molar-refractivity contribution in [2.75, 3.05) is 13.6 Å². The fourth-order valence-corrected chi connectivity index (χ4v) is 1.89. The van der Waals surface area contributed by atoms with Crippen LogP contribution in [0.5, 0.6) is 5.88 Å². The molecule has 0 aliphatic rings. The van der Waals surface area contributed by atoms with Crippen LogP contribution in [-0.2, 0) is 4.74 Å². The third kappa shape index (κ3) is 6.92. The number of aromatic nitrogens is 1. The summed E-state index contributed by atoms with van der Waals surface area (Å²) >= 11 is 0. The van der Waals surface area contributed by atoms with Crippen LogP contribution in [0.25, 0.3) is 0 Å². The van der Waals surface area contributed by atoms with E-state index in [2.05, 4.69) is 4.98 Å². The van der Waals surface area contributed by atoms with Crippen LogP contribution >= 0.6 is 0 Å². The highest BCUT2D eigenvalue weighted by atomic mass is 19.4. The zero-order valence-electron chi connectivity index (χ0n) is 15.6. The molecule has 0 aliphatic carbocycles. The molecule has 0 radical (unpaired) electrons. The highest BCUT2D eigenvalue weighted by Crippen LogP contribution is 2.29. The van der Waals surface area contributed by atoms with Crippen molar-refractivity contribution in [2.45, 2.75) is 52.0 Å². The minimum Gasteiger partial charge on any atom is -0.464 e. The number of nitriles is 1. The van der Waals surface area contributed by atoms with Gasteiger partial charge < -0.3 is 14.4 Å². The zero-order chi connectivity index (χ0) is 21.0. The number of halogens is 4. The lowest BCUT2D eigenvalue weighted by atomic mass is 10.2. The van der Waals surface area contributed by atoms with Gasteiger partial charge in [-0.05, 0) is 33.8 Å². The monoisotopic (exact) mass is 391 g/mol. The Morgan fingerprint density at radius 2 is 1.96 bits per heavy atom. The molecule has 0 spiro atoms. The van der Waals surface area contributed by atoms with E-state index in [1.807, 2.05) is 0 Å². The third-order valence-corrected chi connectivity index (χ3v) is 3.29. The maximum atomic E-state index is 13.4. The number of nitrogens with zero attached hydrogens (tertiary/aromatic N) is 3. The number of hydrogen-bond donors (Lipinski definition) is 0. The average molecular weight is 391 g/mol. The van der Waals surface area contributed by atoms with Gasteiger partial charge in [0.15, 0.2) is 6.10 Å². The van der Waals surface area contributed by atoms with Crippen LogP contribution in [0, 0.1) is 24.1 Å². The summed E-state index contributed by atoms with van der Waals surface area (Å²) in [6, 6.07) is 2.31. The lowest BCUT2D eigenvalue weighted by Crippen LogP contribution is -2.40. The highest BCUT2D eigenvalue weighted by Gasteiger charge is 2.42. The van der Waals surface area contributed by atoms with Gasteiger partial charge in [0, 0.05) is 20.0 Å². The minimum absolute atomic E-state index is 0.198. The fourth-order valence-electron chi connectivity index (χ4n) is 1.89. The van der Waals surface area contributed by atoms with Crippen LogP contribution in [0.2, 0.25) is 0 Å². The van der Waals surface area contributed by atoms with Gasteiger partial charge in [0.05, 0.1) is 5.69 Å². The summed E-state index contributed by atoms with van der Waals surface area (Å²) in [4.78, 5) is 16.4. The molecule has 1 amide bonds. The van der Waals surface area contributed by atoms with Gasteiger partial charge in [-0.3, -0.25) is 0 Å². The van der Waals surface area contributed by atoms with E-state index in [-0.39, 0.29) is 12.2 Å². The second-order valence-electron chi connectivity index (χ2n) is 6.86. The molecule has 6 nitrogen and oxygen atoms in total. The van der Waals surface area contributed by atoms with Crippen LogP contribution in [0.4, 0.5) is 22.4 Å². The van der Waals surface area contributed by atoms with Gasteiger partial charge in [-0.1, -0.05) is 0 Å². The number of ether oxygens (including phenoxy) is 2. The van der Waals surface area contributed by atoms with Crippen molar-refractivity contribution in [3.8, 4) is 11.9 Å². The summed E-state index contributed by atoms with van der Waals surface area (Å²) in [7, 11) is 1.29. The first kappa shape index (κ1) is 22.5. The smallest absolute Gasteiger partial charge is 0.425 e. The summed E-state index contributed by atoms with van der Waals surface area (Å²) < 4.78 is 63.3. The van der Waals surface area contributed by atoms with Crippen molar-refractivity contribution in [3.05, 3.63) is 23.1 Å². The molecule has 0 fully saturated rings. The Bertz CT molecular complexity index is 724. The molecule has 1 atom stereocenters. The molecule has 0 bridgehead atoms. The zero-order valence-corrected chi connectivity index (χ0v) is 15.6. The predicted molar refractivity (Wildman–Crippen MR) is 87.6 cm³/mol. The van der Waals surface area contributed by atoms with Gasteiger partial charge in [-0.25, -0.2) is 14.2 Å². The molecule has 1 heterocycles. The van der Waals surface area contributed by atoms with E-state index >= 15 is 0 Å². The summed E-state index contributed by atoms with van der Waals surface area (Å²) in [5.41, 5.74) is -1.44.